The van der Waals surface area contributed by atoms with Gasteiger partial charge in [-0.05, 0) is 43.0 Å². The largest absolute Gasteiger partial charge is 0.385 e. The summed E-state index contributed by atoms with van der Waals surface area (Å²) in [6.45, 7) is 1.05. The summed E-state index contributed by atoms with van der Waals surface area (Å²) >= 11 is 1.91. The minimum atomic E-state index is 1.05. The second-order valence-electron chi connectivity index (χ2n) is 3.80. The van der Waals surface area contributed by atoms with Crippen molar-refractivity contribution < 1.29 is 0 Å². The first-order chi connectivity index (χ1) is 7.90. The van der Waals surface area contributed by atoms with E-state index in [0.29, 0.717) is 0 Å². The molecule has 4 heteroatoms. The van der Waals surface area contributed by atoms with E-state index in [1.54, 1.807) is 0 Å². The standard InChI is InChI=1S/C12H17N3S/c1-16-7-3-2-6-13-11-4-5-12-10(8-11)9-14-15-12/h4-5,8-9,13H,2-3,6-7H2,1H3,(H,14,15). The van der Waals surface area contributed by atoms with Crippen LogP contribution in [-0.2, 0) is 0 Å². The van der Waals surface area contributed by atoms with Gasteiger partial charge >= 0.3 is 0 Å². The van der Waals surface area contributed by atoms with E-state index in [4.69, 9.17) is 0 Å². The highest BCUT2D eigenvalue weighted by Crippen LogP contribution is 2.16. The van der Waals surface area contributed by atoms with Crippen molar-refractivity contribution in [2.75, 3.05) is 23.9 Å². The van der Waals surface area contributed by atoms with E-state index in [1.807, 2.05) is 18.0 Å². The van der Waals surface area contributed by atoms with Gasteiger partial charge in [-0.15, -0.1) is 0 Å². The third-order valence-electron chi connectivity index (χ3n) is 2.54. The molecule has 0 aliphatic heterocycles. The predicted octanol–water partition coefficient (Wildman–Crippen LogP) is 3.12. The number of anilines is 1. The molecule has 2 N–H and O–H groups in total. The van der Waals surface area contributed by atoms with Gasteiger partial charge < -0.3 is 5.32 Å². The van der Waals surface area contributed by atoms with Gasteiger partial charge in [0.15, 0.2) is 0 Å². The molecule has 1 aromatic heterocycles. The molecule has 0 aliphatic carbocycles. The van der Waals surface area contributed by atoms with Crippen molar-refractivity contribution in [2.45, 2.75) is 12.8 Å². The minimum absolute atomic E-state index is 1.05. The van der Waals surface area contributed by atoms with Crippen LogP contribution in [0.2, 0.25) is 0 Å². The maximum atomic E-state index is 4.01. The zero-order valence-corrected chi connectivity index (χ0v) is 10.3. The third kappa shape index (κ3) is 2.92. The predicted molar refractivity (Wildman–Crippen MR) is 72.2 cm³/mol. The Morgan fingerprint density at radius 1 is 1.38 bits per heavy atom. The van der Waals surface area contributed by atoms with Gasteiger partial charge in [0.2, 0.25) is 0 Å². The van der Waals surface area contributed by atoms with Crippen molar-refractivity contribution in [3.05, 3.63) is 24.4 Å². The first-order valence-corrected chi connectivity index (χ1v) is 6.95. The van der Waals surface area contributed by atoms with Crippen LogP contribution in [0.4, 0.5) is 5.69 Å². The van der Waals surface area contributed by atoms with Crippen molar-refractivity contribution in [2.24, 2.45) is 0 Å². The third-order valence-corrected chi connectivity index (χ3v) is 3.24. The van der Waals surface area contributed by atoms with Gasteiger partial charge in [0.05, 0.1) is 11.7 Å². The van der Waals surface area contributed by atoms with Crippen LogP contribution in [0.3, 0.4) is 0 Å². The molecule has 86 valence electrons. The molecular formula is C12H17N3S. The smallest absolute Gasteiger partial charge is 0.0651 e. The highest BCUT2D eigenvalue weighted by Gasteiger charge is 1.97. The highest BCUT2D eigenvalue weighted by atomic mass is 32.2. The van der Waals surface area contributed by atoms with Crippen LogP contribution in [0.15, 0.2) is 24.4 Å². The Balaban J connectivity index is 1.84. The van der Waals surface area contributed by atoms with Gasteiger partial charge in [0.1, 0.15) is 0 Å². The molecule has 0 atom stereocenters. The molecule has 0 spiro atoms. The fourth-order valence-corrected chi connectivity index (χ4v) is 2.15. The summed E-state index contributed by atoms with van der Waals surface area (Å²) < 4.78 is 0. The van der Waals surface area contributed by atoms with E-state index >= 15 is 0 Å². The van der Waals surface area contributed by atoms with Crippen molar-refractivity contribution in [1.82, 2.24) is 10.2 Å². The fourth-order valence-electron chi connectivity index (χ4n) is 1.66. The molecule has 0 amide bonds. The topological polar surface area (TPSA) is 40.7 Å². The lowest BCUT2D eigenvalue weighted by Gasteiger charge is -2.05. The van der Waals surface area contributed by atoms with Crippen LogP contribution < -0.4 is 5.32 Å². The Labute approximate surface area is 100 Å². The molecule has 2 rings (SSSR count). The quantitative estimate of drug-likeness (QED) is 0.756. The summed E-state index contributed by atoms with van der Waals surface area (Å²) in [6, 6.07) is 6.29. The number of unbranched alkanes of at least 4 members (excludes halogenated alkanes) is 1. The van der Waals surface area contributed by atoms with Crippen LogP contribution in [0, 0.1) is 0 Å². The molecule has 1 heterocycles. The number of rotatable bonds is 6. The van der Waals surface area contributed by atoms with E-state index in [0.717, 1.165) is 17.4 Å². The number of H-pyrrole nitrogens is 1. The number of hydrogen-bond acceptors (Lipinski definition) is 3. The van der Waals surface area contributed by atoms with E-state index in [2.05, 4.69) is 40.0 Å². The lowest BCUT2D eigenvalue weighted by atomic mass is 10.2. The van der Waals surface area contributed by atoms with E-state index in [-0.39, 0.29) is 0 Å². The number of aromatic nitrogens is 2. The number of aromatic amines is 1. The van der Waals surface area contributed by atoms with E-state index in [9.17, 15) is 0 Å². The number of nitrogens with zero attached hydrogens (tertiary/aromatic N) is 1. The molecule has 3 nitrogen and oxygen atoms in total. The van der Waals surface area contributed by atoms with Crippen molar-refractivity contribution in [3.63, 3.8) is 0 Å². The molecule has 16 heavy (non-hydrogen) atoms. The minimum Gasteiger partial charge on any atom is -0.385 e. The Kier molecular flexibility index (Phi) is 4.10. The molecule has 0 radical (unpaired) electrons. The summed E-state index contributed by atoms with van der Waals surface area (Å²) in [5.74, 6) is 1.25. The van der Waals surface area contributed by atoms with Crippen molar-refractivity contribution in [3.8, 4) is 0 Å². The molecule has 0 fully saturated rings. The van der Waals surface area contributed by atoms with Crippen molar-refractivity contribution >= 4 is 28.4 Å². The van der Waals surface area contributed by atoms with Crippen LogP contribution in [-0.4, -0.2) is 28.8 Å². The fraction of sp³-hybridized carbons (Fsp3) is 0.417. The summed E-state index contributed by atoms with van der Waals surface area (Å²) in [7, 11) is 0. The second kappa shape index (κ2) is 5.80. The maximum absolute atomic E-state index is 4.01. The summed E-state index contributed by atoms with van der Waals surface area (Å²) in [5.41, 5.74) is 2.27. The van der Waals surface area contributed by atoms with Gasteiger partial charge in [0.25, 0.3) is 0 Å². The van der Waals surface area contributed by atoms with Crippen molar-refractivity contribution in [1.29, 1.82) is 0 Å². The molecule has 0 saturated heterocycles. The normalized spacial score (nSPS) is 10.8. The molecule has 0 bridgehead atoms. The zero-order chi connectivity index (χ0) is 11.2. The number of fused-ring (bicyclic) bond motifs is 1. The SMILES string of the molecule is CSCCCCNc1ccc2[nH]ncc2c1. The number of hydrogen-bond donors (Lipinski definition) is 2. The van der Waals surface area contributed by atoms with E-state index < -0.39 is 0 Å². The molecule has 0 aliphatic rings. The maximum Gasteiger partial charge on any atom is 0.0651 e. The van der Waals surface area contributed by atoms with Crippen LogP contribution in [0.1, 0.15) is 12.8 Å². The average molecular weight is 235 g/mol. The second-order valence-corrected chi connectivity index (χ2v) is 4.78. The average Bonchev–Trinajstić information content (AvgIpc) is 2.76. The van der Waals surface area contributed by atoms with Gasteiger partial charge in [-0.25, -0.2) is 0 Å². The summed E-state index contributed by atoms with van der Waals surface area (Å²) in [6.07, 6.45) is 6.51. The molecule has 0 unspecified atom stereocenters. The van der Waals surface area contributed by atoms with Gasteiger partial charge in [0, 0.05) is 17.6 Å². The monoisotopic (exact) mass is 235 g/mol. The van der Waals surface area contributed by atoms with Crippen LogP contribution in [0.5, 0.6) is 0 Å². The summed E-state index contributed by atoms with van der Waals surface area (Å²) in [4.78, 5) is 0. The molecule has 2 aromatic rings. The van der Waals surface area contributed by atoms with Gasteiger partial charge in [-0.3, -0.25) is 5.10 Å². The Bertz CT molecular complexity index is 439. The Hall–Kier alpha value is -1.16. The Morgan fingerprint density at radius 3 is 3.19 bits per heavy atom. The van der Waals surface area contributed by atoms with Gasteiger partial charge in [-0.1, -0.05) is 0 Å². The number of nitrogens with one attached hydrogen (secondary N) is 2. The number of benzene rings is 1. The molecule has 1 aromatic carbocycles. The summed E-state index contributed by atoms with van der Waals surface area (Å²) in [5, 5.41) is 11.6. The Morgan fingerprint density at radius 2 is 2.31 bits per heavy atom. The first-order valence-electron chi connectivity index (χ1n) is 5.56. The first kappa shape index (κ1) is 11.3. The van der Waals surface area contributed by atoms with Gasteiger partial charge in [-0.2, -0.15) is 16.9 Å². The zero-order valence-electron chi connectivity index (χ0n) is 9.49. The lowest BCUT2D eigenvalue weighted by molar-refractivity contribution is 0.843. The molecule has 0 saturated carbocycles. The number of thioether (sulfide) groups is 1. The lowest BCUT2D eigenvalue weighted by Crippen LogP contribution is -2.01. The van der Waals surface area contributed by atoms with Crippen LogP contribution in [0.25, 0.3) is 10.9 Å². The van der Waals surface area contributed by atoms with E-state index in [1.165, 1.54) is 24.3 Å². The highest BCUT2D eigenvalue weighted by molar-refractivity contribution is 7.98. The molecular weight excluding hydrogens is 218 g/mol. The van der Waals surface area contributed by atoms with Crippen LogP contribution >= 0.6 is 11.8 Å².